The Morgan fingerprint density at radius 1 is 1.21 bits per heavy atom. The van der Waals surface area contributed by atoms with Crippen molar-refractivity contribution >= 4 is 17.0 Å². The smallest absolute Gasteiger partial charge is 0.306 e. The molecule has 0 fully saturated rings. The molecule has 1 N–H and O–H groups in total. The van der Waals surface area contributed by atoms with Crippen molar-refractivity contribution in [3.8, 4) is 11.5 Å². The summed E-state index contributed by atoms with van der Waals surface area (Å²) < 4.78 is 26.5. The first kappa shape index (κ1) is 20.8. The number of carboxylic acids is 1. The zero-order valence-corrected chi connectivity index (χ0v) is 16.6. The van der Waals surface area contributed by atoms with Gasteiger partial charge in [-0.2, -0.15) is 0 Å². The van der Waals surface area contributed by atoms with Gasteiger partial charge in [0, 0.05) is 25.6 Å². The van der Waals surface area contributed by atoms with Gasteiger partial charge in [0.25, 0.3) is 0 Å². The van der Waals surface area contributed by atoms with Gasteiger partial charge in [-0.1, -0.05) is 6.92 Å². The third-order valence-electron chi connectivity index (χ3n) is 4.73. The van der Waals surface area contributed by atoms with E-state index in [0.29, 0.717) is 44.1 Å². The Morgan fingerprint density at radius 3 is 2.62 bits per heavy atom. The Morgan fingerprint density at radius 2 is 1.93 bits per heavy atom. The zero-order valence-electron chi connectivity index (χ0n) is 16.6. The number of fused-ring (bicyclic) bond motifs is 1. The lowest BCUT2D eigenvalue weighted by molar-refractivity contribution is -0.141. The van der Waals surface area contributed by atoms with Crippen molar-refractivity contribution < 1.29 is 23.8 Å². The number of carbonyl (C=O) groups is 1. The Balaban J connectivity index is 1.88. The highest BCUT2D eigenvalue weighted by atomic mass is 19.1. The lowest BCUT2D eigenvalue weighted by Crippen LogP contribution is -2.14. The van der Waals surface area contributed by atoms with Crippen molar-refractivity contribution in [3.63, 3.8) is 0 Å². The number of carboxylic acid groups (broad SMARTS) is 1. The number of aliphatic carboxylic acids is 1. The molecule has 0 aliphatic rings. The standard InChI is InChI=1S/C22H25FN2O4/c1-3-28-13-12-25-20-14-18(29-17-7-5-16(23)6-8-17)9-10-19(20)24-21(25)11-4-15(2)22(26)27/h5-10,14-15H,3-4,11-13H2,1-2H3,(H,26,27)/t15-/m1/s1. The number of rotatable bonds is 10. The average Bonchev–Trinajstić information content (AvgIpc) is 3.05. The number of imidazole rings is 1. The van der Waals surface area contributed by atoms with Crippen LogP contribution in [-0.4, -0.2) is 33.8 Å². The number of benzene rings is 2. The normalized spacial score (nSPS) is 12.2. The van der Waals surface area contributed by atoms with Gasteiger partial charge in [-0.25, -0.2) is 9.37 Å². The predicted octanol–water partition coefficient (Wildman–Crippen LogP) is 4.66. The second-order valence-corrected chi connectivity index (χ2v) is 6.86. The molecule has 3 aromatic rings. The summed E-state index contributed by atoms with van der Waals surface area (Å²) in [5.74, 6) is 0.423. The molecule has 1 atom stereocenters. The van der Waals surface area contributed by atoms with Crippen molar-refractivity contribution in [3.05, 3.63) is 54.1 Å². The van der Waals surface area contributed by atoms with Crippen LogP contribution in [0.1, 0.15) is 26.1 Å². The van der Waals surface area contributed by atoms with E-state index >= 15 is 0 Å². The van der Waals surface area contributed by atoms with Crippen molar-refractivity contribution in [2.24, 2.45) is 5.92 Å². The van der Waals surface area contributed by atoms with Crippen LogP contribution in [-0.2, 0) is 22.5 Å². The number of aromatic nitrogens is 2. The Hall–Kier alpha value is -2.93. The Labute approximate surface area is 168 Å². The summed E-state index contributed by atoms with van der Waals surface area (Å²) in [5, 5.41) is 9.15. The molecule has 2 aromatic carbocycles. The Kier molecular flexibility index (Phi) is 6.82. The van der Waals surface area contributed by atoms with E-state index in [1.165, 1.54) is 12.1 Å². The van der Waals surface area contributed by atoms with Gasteiger partial charge in [-0.15, -0.1) is 0 Å². The minimum Gasteiger partial charge on any atom is -0.481 e. The van der Waals surface area contributed by atoms with Gasteiger partial charge in [0.05, 0.1) is 23.6 Å². The molecular weight excluding hydrogens is 375 g/mol. The molecule has 6 nitrogen and oxygen atoms in total. The molecule has 0 saturated carbocycles. The number of aryl methyl sites for hydroxylation is 1. The minimum absolute atomic E-state index is 0.318. The first-order valence-electron chi connectivity index (χ1n) is 9.71. The lowest BCUT2D eigenvalue weighted by Gasteiger charge is -2.11. The van der Waals surface area contributed by atoms with E-state index in [4.69, 9.17) is 19.6 Å². The Bertz CT molecular complexity index is 969. The monoisotopic (exact) mass is 400 g/mol. The van der Waals surface area contributed by atoms with Crippen molar-refractivity contribution in [1.82, 2.24) is 9.55 Å². The van der Waals surface area contributed by atoms with Gasteiger partial charge < -0.3 is 19.1 Å². The van der Waals surface area contributed by atoms with Crippen LogP contribution in [0.4, 0.5) is 4.39 Å². The van der Waals surface area contributed by atoms with Gasteiger partial charge >= 0.3 is 5.97 Å². The quantitative estimate of drug-likeness (QED) is 0.501. The highest BCUT2D eigenvalue weighted by Gasteiger charge is 2.16. The first-order chi connectivity index (χ1) is 14.0. The number of hydrogen-bond acceptors (Lipinski definition) is 4. The molecule has 0 bridgehead atoms. The fraction of sp³-hybridized carbons (Fsp3) is 0.364. The zero-order chi connectivity index (χ0) is 20.8. The van der Waals surface area contributed by atoms with Crippen LogP contribution in [0.15, 0.2) is 42.5 Å². The van der Waals surface area contributed by atoms with E-state index < -0.39 is 11.9 Å². The maximum Gasteiger partial charge on any atom is 0.306 e. The van der Waals surface area contributed by atoms with Crippen LogP contribution in [0.5, 0.6) is 11.5 Å². The highest BCUT2D eigenvalue weighted by Crippen LogP contribution is 2.27. The summed E-state index contributed by atoms with van der Waals surface area (Å²) in [6.45, 7) is 5.41. The fourth-order valence-corrected chi connectivity index (χ4v) is 3.06. The second-order valence-electron chi connectivity index (χ2n) is 6.86. The highest BCUT2D eigenvalue weighted by molar-refractivity contribution is 5.78. The fourth-order valence-electron chi connectivity index (χ4n) is 3.06. The first-order valence-corrected chi connectivity index (χ1v) is 9.71. The second kappa shape index (κ2) is 9.52. The summed E-state index contributed by atoms with van der Waals surface area (Å²) in [6, 6.07) is 11.4. The molecule has 0 radical (unpaired) electrons. The molecule has 29 heavy (non-hydrogen) atoms. The number of halogens is 1. The molecule has 0 spiro atoms. The molecule has 1 aromatic heterocycles. The predicted molar refractivity (Wildman–Crippen MR) is 108 cm³/mol. The van der Waals surface area contributed by atoms with E-state index in [0.717, 1.165) is 16.9 Å². The molecule has 0 saturated heterocycles. The molecular formula is C22H25FN2O4. The number of ether oxygens (including phenoxy) is 2. The molecule has 3 rings (SSSR count). The van der Waals surface area contributed by atoms with Crippen LogP contribution in [0.2, 0.25) is 0 Å². The van der Waals surface area contributed by atoms with Crippen molar-refractivity contribution in [2.75, 3.05) is 13.2 Å². The van der Waals surface area contributed by atoms with Gasteiger partial charge in [0.2, 0.25) is 0 Å². The van der Waals surface area contributed by atoms with E-state index in [1.807, 2.05) is 25.1 Å². The molecule has 0 amide bonds. The summed E-state index contributed by atoms with van der Waals surface area (Å²) in [4.78, 5) is 15.8. The van der Waals surface area contributed by atoms with E-state index in [-0.39, 0.29) is 5.82 Å². The van der Waals surface area contributed by atoms with Crippen LogP contribution in [0, 0.1) is 11.7 Å². The maximum absolute atomic E-state index is 13.1. The van der Waals surface area contributed by atoms with Gasteiger partial charge in [-0.05, 0) is 49.7 Å². The van der Waals surface area contributed by atoms with E-state index in [9.17, 15) is 9.18 Å². The molecule has 7 heteroatoms. The average molecular weight is 400 g/mol. The summed E-state index contributed by atoms with van der Waals surface area (Å²) >= 11 is 0. The summed E-state index contributed by atoms with van der Waals surface area (Å²) in [7, 11) is 0. The molecule has 0 aliphatic carbocycles. The summed E-state index contributed by atoms with van der Waals surface area (Å²) in [5.41, 5.74) is 1.70. The van der Waals surface area contributed by atoms with Crippen LogP contribution >= 0.6 is 0 Å². The topological polar surface area (TPSA) is 73.6 Å². The van der Waals surface area contributed by atoms with Crippen LogP contribution in [0.3, 0.4) is 0 Å². The van der Waals surface area contributed by atoms with Crippen molar-refractivity contribution in [2.45, 2.75) is 33.2 Å². The lowest BCUT2D eigenvalue weighted by atomic mass is 10.1. The number of hydrogen-bond donors (Lipinski definition) is 1. The molecule has 154 valence electrons. The molecule has 0 unspecified atom stereocenters. The largest absolute Gasteiger partial charge is 0.481 e. The third kappa shape index (κ3) is 5.32. The summed E-state index contributed by atoms with van der Waals surface area (Å²) in [6.07, 6.45) is 1.06. The third-order valence-corrected chi connectivity index (χ3v) is 4.73. The van der Waals surface area contributed by atoms with Crippen molar-refractivity contribution in [1.29, 1.82) is 0 Å². The molecule has 0 aliphatic heterocycles. The van der Waals surface area contributed by atoms with Gasteiger partial charge in [-0.3, -0.25) is 4.79 Å². The van der Waals surface area contributed by atoms with E-state index in [1.54, 1.807) is 19.1 Å². The van der Waals surface area contributed by atoms with Gasteiger partial charge in [0.15, 0.2) is 0 Å². The molecule has 1 heterocycles. The van der Waals surface area contributed by atoms with Crippen LogP contribution in [0.25, 0.3) is 11.0 Å². The number of nitrogens with zero attached hydrogens (tertiary/aromatic N) is 2. The van der Waals surface area contributed by atoms with E-state index in [2.05, 4.69) is 4.57 Å². The van der Waals surface area contributed by atoms with Gasteiger partial charge in [0.1, 0.15) is 23.1 Å². The minimum atomic E-state index is -0.808. The SMILES string of the molecule is CCOCCn1c(CC[C@@H](C)C(=O)O)nc2ccc(Oc3ccc(F)cc3)cc21. The maximum atomic E-state index is 13.1. The van der Waals surface area contributed by atoms with Crippen LogP contribution < -0.4 is 4.74 Å².